The van der Waals surface area contributed by atoms with Crippen LogP contribution in [0.25, 0.3) is 6.08 Å². The Bertz CT molecular complexity index is 1650. The minimum atomic E-state index is -0.793. The largest absolute Gasteiger partial charge is 0.496 e. The fraction of sp³-hybridized carbons (Fsp3) is 0.413. The summed E-state index contributed by atoms with van der Waals surface area (Å²) in [5.41, 5.74) is 5.41. The molecule has 0 fully saturated rings. The van der Waals surface area contributed by atoms with Crippen molar-refractivity contribution in [2.75, 3.05) is 21.0 Å². The highest BCUT2D eigenvalue weighted by molar-refractivity contribution is 6.31. The van der Waals surface area contributed by atoms with Crippen molar-refractivity contribution in [2.24, 2.45) is 0 Å². The molecular formula is C46H67ClN2O9. The number of ketones is 1. The lowest BCUT2D eigenvalue weighted by atomic mass is 9.96. The second kappa shape index (κ2) is 36.1. The number of nitrogens with one attached hydrogen (secondary N) is 2. The molecular weight excluding hydrogens is 760 g/mol. The van der Waals surface area contributed by atoms with Crippen LogP contribution in [0.15, 0.2) is 72.3 Å². The second-order valence-corrected chi connectivity index (χ2v) is 12.2. The summed E-state index contributed by atoms with van der Waals surface area (Å²) in [7, 11) is 3.03. The van der Waals surface area contributed by atoms with Crippen molar-refractivity contribution in [3.8, 4) is 11.5 Å². The summed E-state index contributed by atoms with van der Waals surface area (Å²) < 4.78 is 21.9. The van der Waals surface area contributed by atoms with Crippen LogP contribution in [-0.2, 0) is 43.4 Å². The summed E-state index contributed by atoms with van der Waals surface area (Å²) >= 11 is 6.45. The van der Waals surface area contributed by atoms with E-state index in [2.05, 4.69) is 30.6 Å². The van der Waals surface area contributed by atoms with E-state index < -0.39 is 12.1 Å². The molecule has 1 unspecified atom stereocenters. The van der Waals surface area contributed by atoms with Crippen LogP contribution in [0.5, 0.6) is 11.5 Å². The first kappa shape index (κ1) is 57.1. The zero-order chi connectivity index (χ0) is 45.1. The van der Waals surface area contributed by atoms with Crippen LogP contribution in [0, 0.1) is 6.92 Å². The van der Waals surface area contributed by atoms with Crippen LogP contribution in [0.1, 0.15) is 113 Å². The molecule has 1 atom stereocenters. The van der Waals surface area contributed by atoms with E-state index in [9.17, 15) is 14.4 Å². The minimum absolute atomic E-state index is 0.0338. The van der Waals surface area contributed by atoms with Crippen LogP contribution < -0.4 is 20.1 Å². The van der Waals surface area contributed by atoms with Crippen molar-refractivity contribution >= 4 is 49.0 Å². The third kappa shape index (κ3) is 21.9. The molecule has 3 aromatic carbocycles. The molecule has 0 bridgehead atoms. The summed E-state index contributed by atoms with van der Waals surface area (Å²) in [6, 6.07) is 15.6. The van der Waals surface area contributed by atoms with Crippen molar-refractivity contribution in [1.82, 2.24) is 10.6 Å². The lowest BCUT2D eigenvalue weighted by Gasteiger charge is -2.19. The average Bonchev–Trinajstić information content (AvgIpc) is 3.25. The Labute approximate surface area is 352 Å². The maximum Gasteiger partial charge on any atom is 0.408 e. The van der Waals surface area contributed by atoms with E-state index in [0.717, 1.165) is 22.3 Å². The van der Waals surface area contributed by atoms with Crippen molar-refractivity contribution in [2.45, 2.75) is 108 Å². The lowest BCUT2D eigenvalue weighted by Crippen LogP contribution is -2.46. The molecule has 0 saturated carbocycles. The summed E-state index contributed by atoms with van der Waals surface area (Å²) in [4.78, 5) is 54.9. The van der Waals surface area contributed by atoms with E-state index in [1.54, 1.807) is 31.2 Å². The summed E-state index contributed by atoms with van der Waals surface area (Å²) in [5, 5.41) is 5.88. The number of hydrogen-bond acceptors (Lipinski definition) is 9. The Hall–Kier alpha value is -5.26. The van der Waals surface area contributed by atoms with Crippen LogP contribution in [-0.4, -0.2) is 58.4 Å². The number of rotatable bonds is 16. The van der Waals surface area contributed by atoms with Gasteiger partial charge in [0, 0.05) is 24.2 Å². The maximum absolute atomic E-state index is 13.6. The van der Waals surface area contributed by atoms with E-state index in [1.165, 1.54) is 26.7 Å². The summed E-state index contributed by atoms with van der Waals surface area (Å²) in [6.07, 6.45) is 6.69. The van der Waals surface area contributed by atoms with Gasteiger partial charge < -0.3 is 39.2 Å². The third-order valence-electron chi connectivity index (χ3n) is 7.25. The smallest absolute Gasteiger partial charge is 0.408 e. The fourth-order valence-electron chi connectivity index (χ4n) is 4.68. The number of benzene rings is 3. The van der Waals surface area contributed by atoms with Crippen molar-refractivity contribution < 1.29 is 42.9 Å². The number of alkyl carbamates (subject to hydrolysis) is 1. The van der Waals surface area contributed by atoms with Gasteiger partial charge in [0.05, 0.1) is 7.11 Å². The van der Waals surface area contributed by atoms with Crippen molar-refractivity contribution in [3.63, 3.8) is 0 Å². The van der Waals surface area contributed by atoms with Gasteiger partial charge in [-0.25, -0.2) is 4.79 Å². The normalized spacial score (nSPS) is 9.95. The van der Waals surface area contributed by atoms with Gasteiger partial charge >= 0.3 is 6.09 Å². The first-order valence-corrected chi connectivity index (χ1v) is 19.7. The van der Waals surface area contributed by atoms with Gasteiger partial charge in [0.2, 0.25) is 5.91 Å². The Morgan fingerprint density at radius 2 is 1.50 bits per heavy atom. The number of allylic oxidation sites excluding steroid dienone is 3. The molecule has 0 spiro atoms. The molecule has 0 aliphatic carbocycles. The molecule has 0 heterocycles. The van der Waals surface area contributed by atoms with Crippen LogP contribution in [0.3, 0.4) is 0 Å². The van der Waals surface area contributed by atoms with Gasteiger partial charge in [0.25, 0.3) is 0 Å². The predicted octanol–water partition coefficient (Wildman–Crippen LogP) is 10.5. The topological polar surface area (TPSA) is 146 Å². The Kier molecular flexibility index (Phi) is 35.5. The van der Waals surface area contributed by atoms with Gasteiger partial charge in [0.1, 0.15) is 43.3 Å². The van der Waals surface area contributed by atoms with Gasteiger partial charge in [-0.05, 0) is 80.1 Å². The molecule has 3 aromatic rings. The third-order valence-corrected chi connectivity index (χ3v) is 7.62. The highest BCUT2D eigenvalue weighted by Crippen LogP contribution is 2.37. The van der Waals surface area contributed by atoms with E-state index in [0.29, 0.717) is 46.1 Å². The van der Waals surface area contributed by atoms with Crippen molar-refractivity contribution in [1.29, 1.82) is 0 Å². The molecule has 2 N–H and O–H groups in total. The highest BCUT2D eigenvalue weighted by atomic mass is 35.5. The van der Waals surface area contributed by atoms with Gasteiger partial charge in [-0.1, -0.05) is 121 Å². The maximum atomic E-state index is 13.6. The molecule has 2 amide bonds. The standard InChI is InChI=1S/C37H43ClN2O7.C3H8.2C2H6.2CH2O/c1-7-31(40-37(43)46-22-27-11-9-8-10-12-27)36(42)39-21-28-20-26(14-17-30(28)38)15-18-32(41)34-33(45-6)19-25(4)29(16-13-24(2)3)35(34)47-23-44-5;1-3-2;4*1-2/h8-15,17-20,31H,7,16,21-23H2,1-6H3,(H,39,42)(H,40,43);3H2,1-2H3;2*1-2H3;2*1H2/b18-15+;;;;;. The number of amides is 2. The Morgan fingerprint density at radius 3 is 2.03 bits per heavy atom. The van der Waals surface area contributed by atoms with E-state index in [4.69, 9.17) is 40.1 Å². The SMILES string of the molecule is C=O.C=O.CC.CC.CCC.CCC(NC(=O)OCc1ccccc1)C(=O)NCc1cc(/C=C/C(=O)c2c(OC)cc(C)c(CC=C(C)C)c2OCOC)ccc1Cl. The predicted molar refractivity (Wildman–Crippen MR) is 237 cm³/mol. The van der Waals surface area contributed by atoms with Crippen LogP contribution >= 0.6 is 11.6 Å². The number of aryl methyl sites for hydroxylation is 1. The Morgan fingerprint density at radius 1 is 0.897 bits per heavy atom. The van der Waals surface area contributed by atoms with Gasteiger partial charge in [-0.3, -0.25) is 9.59 Å². The zero-order valence-electron chi connectivity index (χ0n) is 36.7. The molecule has 58 heavy (non-hydrogen) atoms. The quantitative estimate of drug-likeness (QED) is 0.0623. The first-order chi connectivity index (χ1) is 28.0. The van der Waals surface area contributed by atoms with Gasteiger partial charge in [-0.15, -0.1) is 0 Å². The van der Waals surface area contributed by atoms with Crippen molar-refractivity contribution in [3.05, 3.63) is 111 Å². The molecule has 0 aromatic heterocycles. The van der Waals surface area contributed by atoms with Gasteiger partial charge in [-0.2, -0.15) is 0 Å². The number of ether oxygens (including phenoxy) is 4. The molecule has 0 radical (unpaired) electrons. The van der Waals surface area contributed by atoms with Crippen LogP contribution in [0.2, 0.25) is 5.02 Å². The number of carbonyl (C=O) groups is 5. The van der Waals surface area contributed by atoms with E-state index >= 15 is 0 Å². The van der Waals surface area contributed by atoms with E-state index in [1.807, 2.05) is 98.4 Å². The molecule has 0 aliphatic heterocycles. The second-order valence-electron chi connectivity index (χ2n) is 11.8. The molecule has 12 heteroatoms. The minimum Gasteiger partial charge on any atom is -0.496 e. The summed E-state index contributed by atoms with van der Waals surface area (Å²) in [5.74, 6) is 0.118. The van der Waals surface area contributed by atoms with Gasteiger partial charge in [0.15, 0.2) is 12.6 Å². The number of methoxy groups -OCH3 is 2. The van der Waals surface area contributed by atoms with Crippen LogP contribution in [0.4, 0.5) is 4.79 Å². The summed E-state index contributed by atoms with van der Waals surface area (Å²) in [6.45, 7) is 24.2. The molecule has 3 rings (SSSR count). The molecule has 0 aliphatic rings. The molecule has 0 saturated heterocycles. The lowest BCUT2D eigenvalue weighted by molar-refractivity contribution is -0.123. The number of hydrogen-bond donors (Lipinski definition) is 2. The highest BCUT2D eigenvalue weighted by Gasteiger charge is 2.23. The number of halogens is 1. The average molecular weight is 827 g/mol. The first-order valence-electron chi connectivity index (χ1n) is 19.3. The van der Waals surface area contributed by atoms with E-state index in [-0.39, 0.29) is 31.6 Å². The Balaban J connectivity index is -0.00000251. The fourth-order valence-corrected chi connectivity index (χ4v) is 4.87. The molecule has 11 nitrogen and oxygen atoms in total. The monoisotopic (exact) mass is 826 g/mol. The zero-order valence-corrected chi connectivity index (χ0v) is 37.5. The number of carbonyl (C=O) groups excluding carboxylic acids is 5. The molecule has 322 valence electrons.